The molecule has 0 atom stereocenters. The first-order valence-electron chi connectivity index (χ1n) is 5.17. The summed E-state index contributed by atoms with van der Waals surface area (Å²) in [4.78, 5) is 0. The first kappa shape index (κ1) is 12.2. The van der Waals surface area contributed by atoms with Crippen LogP contribution >= 0.6 is 0 Å². The van der Waals surface area contributed by atoms with Gasteiger partial charge in [0.05, 0.1) is 0 Å². The van der Waals surface area contributed by atoms with Crippen LogP contribution < -0.4 is 0 Å². The highest BCUT2D eigenvalue weighted by Crippen LogP contribution is 2.03. The quantitative estimate of drug-likeness (QED) is 0.747. The molecule has 84 valence electrons. The fourth-order valence-electron chi connectivity index (χ4n) is 1.47. The van der Waals surface area contributed by atoms with Crippen LogP contribution in [0, 0.1) is 0 Å². The molecule has 1 rings (SSSR count). The molecular weight excluding hydrogens is 210 g/mol. The van der Waals surface area contributed by atoms with E-state index in [2.05, 4.69) is 12.1 Å². The molecule has 0 aliphatic carbocycles. The van der Waals surface area contributed by atoms with E-state index in [1.807, 2.05) is 25.1 Å². The normalized spacial score (nSPS) is 11.1. The van der Waals surface area contributed by atoms with Crippen molar-refractivity contribution in [2.24, 2.45) is 0 Å². The number of nitrogens with zero attached hydrogens (tertiary/aromatic N) is 1. The number of thiol groups is 1. The van der Waals surface area contributed by atoms with Crippen molar-refractivity contribution in [1.82, 2.24) is 4.31 Å². The monoisotopic (exact) mass is 227 g/mol. The van der Waals surface area contributed by atoms with E-state index in [-0.39, 0.29) is 0 Å². The molecule has 0 heterocycles. The van der Waals surface area contributed by atoms with Gasteiger partial charge in [-0.25, -0.2) is 12.7 Å². The molecule has 0 aliphatic heterocycles. The number of hydrogen-bond acceptors (Lipinski definition) is 2. The predicted octanol–water partition coefficient (Wildman–Crippen LogP) is 1.47. The standard InChI is InChI=1S/C11H17NO2S/c1-2-12(15(13)14)10-6-9-11-7-4-3-5-8-11/h3-5,7-8,15H,2,6,9-10H2,1H3. The van der Waals surface area contributed by atoms with E-state index in [9.17, 15) is 8.42 Å². The van der Waals surface area contributed by atoms with Crippen LogP contribution in [-0.2, 0) is 17.3 Å². The molecule has 0 spiro atoms. The lowest BCUT2D eigenvalue weighted by Crippen LogP contribution is -2.22. The molecule has 0 amide bonds. The van der Waals surface area contributed by atoms with Gasteiger partial charge in [-0.3, -0.25) is 0 Å². The Morgan fingerprint density at radius 1 is 1.20 bits per heavy atom. The minimum absolute atomic E-state index is 0.563. The van der Waals surface area contributed by atoms with E-state index in [0.29, 0.717) is 13.1 Å². The van der Waals surface area contributed by atoms with Crippen LogP contribution in [0.3, 0.4) is 0 Å². The van der Waals surface area contributed by atoms with E-state index in [1.165, 1.54) is 9.87 Å². The molecule has 1 aromatic rings. The Bertz CT molecular complexity index is 341. The zero-order valence-corrected chi connectivity index (χ0v) is 9.82. The predicted molar refractivity (Wildman–Crippen MR) is 62.3 cm³/mol. The van der Waals surface area contributed by atoms with Gasteiger partial charge in [-0.15, -0.1) is 0 Å². The molecule has 0 aliphatic rings. The second-order valence-electron chi connectivity index (χ2n) is 3.37. The van der Waals surface area contributed by atoms with E-state index in [4.69, 9.17) is 0 Å². The van der Waals surface area contributed by atoms with E-state index >= 15 is 0 Å². The molecule has 1 aromatic carbocycles. The first-order chi connectivity index (χ1) is 7.24. The summed E-state index contributed by atoms with van der Waals surface area (Å²) in [5.41, 5.74) is 1.26. The Morgan fingerprint density at radius 2 is 1.87 bits per heavy atom. The topological polar surface area (TPSA) is 37.4 Å². The van der Waals surface area contributed by atoms with Gasteiger partial charge in [0.15, 0.2) is 0 Å². The molecule has 0 radical (unpaired) electrons. The summed E-state index contributed by atoms with van der Waals surface area (Å²) in [6.45, 7) is 3.03. The van der Waals surface area contributed by atoms with Crippen molar-refractivity contribution in [3.05, 3.63) is 35.9 Å². The van der Waals surface area contributed by atoms with E-state index in [0.717, 1.165) is 12.8 Å². The lowest BCUT2D eigenvalue weighted by atomic mass is 10.1. The lowest BCUT2D eigenvalue weighted by molar-refractivity contribution is 0.436. The average Bonchev–Trinajstić information content (AvgIpc) is 2.25. The average molecular weight is 227 g/mol. The van der Waals surface area contributed by atoms with Crippen molar-refractivity contribution in [3.8, 4) is 0 Å². The van der Waals surface area contributed by atoms with Crippen LogP contribution in [0.15, 0.2) is 30.3 Å². The molecule has 0 N–H and O–H groups in total. The summed E-state index contributed by atoms with van der Waals surface area (Å²) >= 11 is 0. The van der Waals surface area contributed by atoms with Crippen molar-refractivity contribution in [2.75, 3.05) is 13.1 Å². The fourth-order valence-corrected chi connectivity index (χ4v) is 2.00. The van der Waals surface area contributed by atoms with Gasteiger partial charge in [0.2, 0.25) is 10.9 Å². The summed E-state index contributed by atoms with van der Waals surface area (Å²) < 4.78 is 22.9. The largest absolute Gasteiger partial charge is 0.215 e. The van der Waals surface area contributed by atoms with Crippen LogP contribution in [0.2, 0.25) is 0 Å². The van der Waals surface area contributed by atoms with Gasteiger partial charge in [-0.1, -0.05) is 37.3 Å². The van der Waals surface area contributed by atoms with Gasteiger partial charge >= 0.3 is 0 Å². The molecule has 0 saturated carbocycles. The van der Waals surface area contributed by atoms with Crippen LogP contribution in [0.4, 0.5) is 0 Å². The Labute approximate surface area is 92.8 Å². The van der Waals surface area contributed by atoms with Gasteiger partial charge in [0.1, 0.15) is 0 Å². The molecule has 15 heavy (non-hydrogen) atoms. The third-order valence-corrected chi connectivity index (χ3v) is 3.27. The summed E-state index contributed by atoms with van der Waals surface area (Å²) in [6, 6.07) is 10.1. The van der Waals surface area contributed by atoms with Crippen molar-refractivity contribution in [2.45, 2.75) is 19.8 Å². The Balaban J connectivity index is 2.33. The third-order valence-electron chi connectivity index (χ3n) is 2.32. The third kappa shape index (κ3) is 4.44. The Morgan fingerprint density at radius 3 is 2.40 bits per heavy atom. The van der Waals surface area contributed by atoms with Crippen LogP contribution in [0.25, 0.3) is 0 Å². The first-order valence-corrected chi connectivity index (χ1v) is 6.30. The SMILES string of the molecule is CCN(CCCc1ccccc1)[SH](=O)=O. The Kier molecular flexibility index (Phi) is 5.36. The van der Waals surface area contributed by atoms with Crippen LogP contribution in [0.1, 0.15) is 18.9 Å². The molecule has 3 nitrogen and oxygen atoms in total. The summed E-state index contributed by atoms with van der Waals surface area (Å²) in [6.07, 6.45) is 1.81. The second kappa shape index (κ2) is 6.58. The number of benzene rings is 1. The molecule has 4 heteroatoms. The van der Waals surface area contributed by atoms with Crippen LogP contribution in [-0.4, -0.2) is 25.8 Å². The van der Waals surface area contributed by atoms with Crippen molar-refractivity contribution in [1.29, 1.82) is 0 Å². The smallest absolute Gasteiger partial charge is 0.203 e. The maximum absolute atomic E-state index is 10.7. The highest BCUT2D eigenvalue weighted by molar-refractivity contribution is 7.69. The summed E-state index contributed by atoms with van der Waals surface area (Å²) in [7, 11) is -2.41. The van der Waals surface area contributed by atoms with Crippen molar-refractivity contribution < 1.29 is 8.42 Å². The summed E-state index contributed by atoms with van der Waals surface area (Å²) in [5.74, 6) is 0. The van der Waals surface area contributed by atoms with Gasteiger partial charge in [-0.05, 0) is 18.4 Å². The van der Waals surface area contributed by atoms with Crippen LogP contribution in [0.5, 0.6) is 0 Å². The van der Waals surface area contributed by atoms with E-state index < -0.39 is 10.9 Å². The summed E-state index contributed by atoms with van der Waals surface area (Å²) in [5, 5.41) is 0. The minimum atomic E-state index is -2.41. The molecular formula is C11H17NO2S. The number of hydrogen-bond donors (Lipinski definition) is 1. The zero-order valence-electron chi connectivity index (χ0n) is 8.93. The molecule has 0 unspecified atom stereocenters. The van der Waals surface area contributed by atoms with Gasteiger partial charge in [0.25, 0.3) is 0 Å². The highest BCUT2D eigenvalue weighted by Gasteiger charge is 2.02. The molecule has 0 fully saturated rings. The van der Waals surface area contributed by atoms with Gasteiger partial charge in [-0.2, -0.15) is 0 Å². The lowest BCUT2D eigenvalue weighted by Gasteiger charge is -2.11. The number of rotatable bonds is 6. The molecule has 0 saturated heterocycles. The maximum Gasteiger partial charge on any atom is 0.203 e. The molecule has 0 bridgehead atoms. The maximum atomic E-state index is 10.7. The Hall–Kier alpha value is -0.870. The zero-order chi connectivity index (χ0) is 11.1. The second-order valence-corrected chi connectivity index (χ2v) is 4.41. The number of aryl methyl sites for hydroxylation is 1. The minimum Gasteiger partial charge on any atom is -0.215 e. The van der Waals surface area contributed by atoms with Gasteiger partial charge in [0, 0.05) is 13.1 Å². The highest BCUT2D eigenvalue weighted by atomic mass is 32.2. The molecule has 0 aromatic heterocycles. The van der Waals surface area contributed by atoms with Gasteiger partial charge < -0.3 is 0 Å². The van der Waals surface area contributed by atoms with E-state index in [1.54, 1.807) is 0 Å². The van der Waals surface area contributed by atoms with Crippen molar-refractivity contribution in [3.63, 3.8) is 0 Å². The fraction of sp³-hybridized carbons (Fsp3) is 0.455. The van der Waals surface area contributed by atoms with Crippen molar-refractivity contribution >= 4 is 10.9 Å².